The van der Waals surface area contributed by atoms with Crippen LogP contribution in [0.2, 0.25) is 0 Å². The van der Waals surface area contributed by atoms with Gasteiger partial charge in [0, 0.05) is 45.3 Å². The largest absolute Gasteiger partial charge is 0.489 e. The van der Waals surface area contributed by atoms with Gasteiger partial charge in [-0.25, -0.2) is 9.97 Å². The van der Waals surface area contributed by atoms with Crippen molar-refractivity contribution in [3.8, 4) is 11.4 Å². The number of aromatic nitrogens is 2. The van der Waals surface area contributed by atoms with Gasteiger partial charge in [0.25, 0.3) is 0 Å². The molecule has 1 aromatic heterocycles. The van der Waals surface area contributed by atoms with Crippen molar-refractivity contribution < 1.29 is 4.74 Å². The van der Waals surface area contributed by atoms with E-state index in [9.17, 15) is 0 Å². The Morgan fingerprint density at radius 3 is 2.48 bits per heavy atom. The zero-order chi connectivity index (χ0) is 42.9. The fourth-order valence-electron chi connectivity index (χ4n) is 11.7. The summed E-state index contributed by atoms with van der Waals surface area (Å²) in [7, 11) is 0. The van der Waals surface area contributed by atoms with E-state index in [-0.39, 0.29) is 12.0 Å². The molecular formula is C61H50N2OS. The lowest BCUT2D eigenvalue weighted by Crippen LogP contribution is -2.36. The number of rotatable bonds is 6. The Labute approximate surface area is 386 Å². The van der Waals surface area contributed by atoms with Crippen molar-refractivity contribution in [2.24, 2.45) is 0 Å². The average Bonchev–Trinajstić information content (AvgIpc) is 3.76. The van der Waals surface area contributed by atoms with Crippen LogP contribution in [-0.2, 0) is 16.6 Å². The van der Waals surface area contributed by atoms with Crippen LogP contribution in [-0.4, -0.2) is 16.1 Å². The molecule has 5 aromatic rings. The summed E-state index contributed by atoms with van der Waals surface area (Å²) in [5.41, 5.74) is 20.5. The summed E-state index contributed by atoms with van der Waals surface area (Å²) in [6.45, 7) is 0. The topological polar surface area (TPSA) is 35.0 Å². The maximum atomic E-state index is 6.55. The molecule has 3 unspecified atom stereocenters. The van der Waals surface area contributed by atoms with Crippen molar-refractivity contribution in [3.05, 3.63) is 242 Å². The van der Waals surface area contributed by atoms with Crippen molar-refractivity contribution in [1.82, 2.24) is 9.97 Å². The van der Waals surface area contributed by atoms with Crippen LogP contribution >= 0.6 is 11.8 Å². The van der Waals surface area contributed by atoms with E-state index >= 15 is 0 Å². The molecule has 0 saturated carbocycles. The minimum Gasteiger partial charge on any atom is -0.489 e. The van der Waals surface area contributed by atoms with Gasteiger partial charge < -0.3 is 4.74 Å². The van der Waals surface area contributed by atoms with Crippen LogP contribution in [0.4, 0.5) is 0 Å². The molecule has 6 aliphatic carbocycles. The van der Waals surface area contributed by atoms with Gasteiger partial charge >= 0.3 is 0 Å². The Morgan fingerprint density at radius 1 is 0.677 bits per heavy atom. The highest BCUT2D eigenvalue weighted by atomic mass is 32.2. The Kier molecular flexibility index (Phi) is 9.51. The van der Waals surface area contributed by atoms with Gasteiger partial charge in [-0.3, -0.25) is 0 Å². The standard InChI is InChI=1S/C61H50N2OS/c1-2-14-43(15-3-1)60-62-54(38-55(63-60)47-28-32-51-50-18-8-10-20-56(50)64-57(51)37-47)42-24-22-41(23-25-42)46-29-33-59-53(36-46)61(52-19-9-11-21-58(52)65-59,48-30-26-39-12-4-6-16-44(39)34-48)49-31-27-40-13-5-7-17-45(40)35-49/h1-4,7-9,11-12,14-15,17-19,21-24,26,28-30,32-36,38,42,57H,5-6,10,13,16,20,25,27,31,37H2. The monoisotopic (exact) mass is 858 g/mol. The van der Waals surface area contributed by atoms with Crippen molar-refractivity contribution in [2.45, 2.75) is 91.4 Å². The van der Waals surface area contributed by atoms with Gasteiger partial charge in [-0.1, -0.05) is 163 Å². The highest BCUT2D eigenvalue weighted by molar-refractivity contribution is 7.99. The van der Waals surface area contributed by atoms with Gasteiger partial charge in [0.05, 0.1) is 16.8 Å². The summed E-state index contributed by atoms with van der Waals surface area (Å²) < 4.78 is 6.55. The molecule has 0 amide bonds. The maximum Gasteiger partial charge on any atom is 0.160 e. The van der Waals surface area contributed by atoms with Crippen molar-refractivity contribution >= 4 is 29.0 Å². The van der Waals surface area contributed by atoms with Crippen LogP contribution in [0.3, 0.4) is 0 Å². The third-order valence-electron chi connectivity index (χ3n) is 15.0. The fourth-order valence-corrected chi connectivity index (χ4v) is 12.9. The highest BCUT2D eigenvalue weighted by Gasteiger charge is 2.46. The number of benzene rings is 4. The van der Waals surface area contributed by atoms with E-state index in [2.05, 4.69) is 170 Å². The molecule has 4 heteroatoms. The summed E-state index contributed by atoms with van der Waals surface area (Å²) >= 11 is 1.93. The second-order valence-electron chi connectivity index (χ2n) is 18.7. The molecule has 2 aliphatic heterocycles. The lowest BCUT2D eigenvalue weighted by Gasteiger charge is -2.45. The molecule has 0 bridgehead atoms. The van der Waals surface area contributed by atoms with Crippen molar-refractivity contribution in [1.29, 1.82) is 0 Å². The Morgan fingerprint density at radius 2 is 1.54 bits per heavy atom. The summed E-state index contributed by atoms with van der Waals surface area (Å²) in [4.78, 5) is 13.2. The summed E-state index contributed by atoms with van der Waals surface area (Å²) in [5.74, 6) is 2.04. The van der Waals surface area contributed by atoms with Gasteiger partial charge in [0.1, 0.15) is 11.9 Å². The minimum atomic E-state index is -0.417. The Hall–Kier alpha value is -6.49. The van der Waals surface area contributed by atoms with E-state index in [1.165, 1.54) is 83.0 Å². The summed E-state index contributed by atoms with van der Waals surface area (Å²) in [6.07, 6.45) is 38.6. The number of ether oxygens (including phenoxy) is 1. The number of nitrogens with zero attached hydrogens (tertiary/aromatic N) is 2. The molecule has 3 heterocycles. The van der Waals surface area contributed by atoms with Gasteiger partial charge in [-0.15, -0.1) is 0 Å². The van der Waals surface area contributed by atoms with E-state index in [1.54, 1.807) is 5.57 Å². The molecule has 0 fully saturated rings. The highest BCUT2D eigenvalue weighted by Crippen LogP contribution is 2.59. The molecule has 0 radical (unpaired) electrons. The predicted octanol–water partition coefficient (Wildman–Crippen LogP) is 15.1. The van der Waals surface area contributed by atoms with E-state index in [0.29, 0.717) is 0 Å². The number of hydrogen-bond acceptors (Lipinski definition) is 4. The second kappa shape index (κ2) is 15.9. The molecule has 3 nitrogen and oxygen atoms in total. The molecule has 0 saturated heterocycles. The fraction of sp³-hybridized carbons (Fsp3) is 0.213. The molecule has 0 N–H and O–H groups in total. The van der Waals surface area contributed by atoms with E-state index in [1.807, 2.05) is 11.8 Å². The summed E-state index contributed by atoms with van der Waals surface area (Å²) in [5, 5.41) is 0. The number of allylic oxidation sites excluding steroid dienone is 16. The van der Waals surface area contributed by atoms with Crippen LogP contribution in [0, 0.1) is 0 Å². The quantitative estimate of drug-likeness (QED) is 0.170. The number of fused-ring (bicyclic) bond motifs is 5. The van der Waals surface area contributed by atoms with Gasteiger partial charge in [-0.05, 0) is 131 Å². The van der Waals surface area contributed by atoms with Gasteiger partial charge in [-0.2, -0.15) is 0 Å². The van der Waals surface area contributed by atoms with E-state index < -0.39 is 5.41 Å². The van der Waals surface area contributed by atoms with E-state index in [0.717, 1.165) is 86.3 Å². The Balaban J connectivity index is 0.890. The summed E-state index contributed by atoms with van der Waals surface area (Å²) in [6, 6.07) is 36.7. The van der Waals surface area contributed by atoms with Crippen molar-refractivity contribution in [3.63, 3.8) is 0 Å². The number of hydrogen-bond donors (Lipinski definition) is 0. The normalized spacial score (nSPS) is 23.5. The molecule has 65 heavy (non-hydrogen) atoms. The lowest BCUT2D eigenvalue weighted by atomic mass is 9.61. The predicted molar refractivity (Wildman–Crippen MR) is 266 cm³/mol. The average molecular weight is 859 g/mol. The lowest BCUT2D eigenvalue weighted by molar-refractivity contribution is 0.162. The van der Waals surface area contributed by atoms with Crippen LogP contribution < -0.4 is 0 Å². The molecule has 4 aromatic carbocycles. The first-order chi connectivity index (χ1) is 32.2. The second-order valence-corrected chi connectivity index (χ2v) is 19.8. The van der Waals surface area contributed by atoms with Crippen LogP contribution in [0.25, 0.3) is 28.6 Å². The van der Waals surface area contributed by atoms with Crippen LogP contribution in [0.1, 0.15) is 108 Å². The zero-order valence-electron chi connectivity index (χ0n) is 36.6. The molecule has 13 rings (SSSR count). The maximum absolute atomic E-state index is 6.55. The minimum absolute atomic E-state index is 0.0427. The Bertz CT molecular complexity index is 3160. The third-order valence-corrected chi connectivity index (χ3v) is 16.2. The SMILES string of the molecule is C1=CC2=C(CC1)CCC(C1(c3ccc4c(c3)CCC=C4)c3ccccc3Sc3ccc(C4=CCC(c5cc(C6=CC=C7C8=C(CCC=C8)OC7C6)nc(-c6ccccc6)n5)C=C4)cc31)=C2. The smallest absolute Gasteiger partial charge is 0.160 e. The first-order valence-electron chi connectivity index (χ1n) is 23.8. The van der Waals surface area contributed by atoms with E-state index in [4.69, 9.17) is 14.7 Å². The first kappa shape index (κ1) is 38.9. The zero-order valence-corrected chi connectivity index (χ0v) is 37.4. The first-order valence-corrected chi connectivity index (χ1v) is 24.6. The van der Waals surface area contributed by atoms with Gasteiger partial charge in [0.2, 0.25) is 0 Å². The molecule has 3 atom stereocenters. The third kappa shape index (κ3) is 6.63. The molecule has 0 spiro atoms. The molecule has 8 aliphatic rings. The molecular weight excluding hydrogens is 809 g/mol. The molecule has 316 valence electrons. The van der Waals surface area contributed by atoms with Crippen LogP contribution in [0.5, 0.6) is 0 Å². The number of aryl methyl sites for hydroxylation is 1. The van der Waals surface area contributed by atoms with Crippen LogP contribution in [0.15, 0.2) is 207 Å². The van der Waals surface area contributed by atoms with Crippen molar-refractivity contribution in [2.75, 3.05) is 0 Å². The van der Waals surface area contributed by atoms with Gasteiger partial charge in [0.15, 0.2) is 5.82 Å².